The standard InChI is InChI=1S/C20H26F2N6O2/c1-12-10-29-5-3-27(12)17-8-18(28-4-6-30-11-13(28)2)26-20(25-17)15-9-24-16(23)7-14(15)19(21)22/h7-9,12-13,19H,3-6,10-11H2,1-2H3,(H2,23,24)/t12-,13-/m0/s1. The Morgan fingerprint density at radius 1 is 1.00 bits per heavy atom. The third kappa shape index (κ3) is 4.15. The van der Waals surface area contributed by atoms with E-state index in [4.69, 9.17) is 15.2 Å². The molecular formula is C20H26F2N6O2. The van der Waals surface area contributed by atoms with Crippen molar-refractivity contribution in [3.05, 3.63) is 23.9 Å². The number of halogens is 2. The van der Waals surface area contributed by atoms with Crippen molar-refractivity contribution in [2.24, 2.45) is 0 Å². The third-order valence-corrected chi connectivity index (χ3v) is 5.46. The van der Waals surface area contributed by atoms with E-state index in [1.165, 1.54) is 12.3 Å². The summed E-state index contributed by atoms with van der Waals surface area (Å²) in [5.41, 5.74) is 5.60. The summed E-state index contributed by atoms with van der Waals surface area (Å²) in [6.45, 7) is 7.75. The highest BCUT2D eigenvalue weighted by Crippen LogP contribution is 2.33. The number of ether oxygens (including phenoxy) is 2. The van der Waals surface area contributed by atoms with Gasteiger partial charge in [0.1, 0.15) is 17.5 Å². The van der Waals surface area contributed by atoms with Crippen molar-refractivity contribution < 1.29 is 18.3 Å². The van der Waals surface area contributed by atoms with Crippen LogP contribution in [0, 0.1) is 0 Å². The second-order valence-corrected chi connectivity index (χ2v) is 7.64. The summed E-state index contributed by atoms with van der Waals surface area (Å²) >= 11 is 0. The Morgan fingerprint density at radius 3 is 2.07 bits per heavy atom. The molecule has 2 N–H and O–H groups in total. The Bertz CT molecular complexity index is 859. The molecular weight excluding hydrogens is 394 g/mol. The summed E-state index contributed by atoms with van der Waals surface area (Å²) in [6.07, 6.45) is -1.39. The zero-order chi connectivity index (χ0) is 21.3. The van der Waals surface area contributed by atoms with E-state index in [9.17, 15) is 8.78 Å². The molecule has 2 atom stereocenters. The van der Waals surface area contributed by atoms with Crippen molar-refractivity contribution >= 4 is 17.5 Å². The Hall–Kier alpha value is -2.59. The number of hydrogen-bond acceptors (Lipinski definition) is 8. The van der Waals surface area contributed by atoms with E-state index < -0.39 is 6.43 Å². The van der Waals surface area contributed by atoms with Gasteiger partial charge in [-0.3, -0.25) is 0 Å². The summed E-state index contributed by atoms with van der Waals surface area (Å²) in [6, 6.07) is 3.32. The quantitative estimate of drug-likeness (QED) is 0.807. The highest BCUT2D eigenvalue weighted by atomic mass is 19.3. The van der Waals surface area contributed by atoms with Gasteiger partial charge in [0.05, 0.1) is 38.5 Å². The molecule has 4 rings (SSSR count). The van der Waals surface area contributed by atoms with Crippen LogP contribution in [0.5, 0.6) is 0 Å². The van der Waals surface area contributed by atoms with Gasteiger partial charge in [-0.2, -0.15) is 0 Å². The van der Waals surface area contributed by atoms with Crippen LogP contribution in [-0.2, 0) is 9.47 Å². The molecule has 0 aromatic carbocycles. The number of aromatic nitrogens is 3. The van der Waals surface area contributed by atoms with Crippen molar-refractivity contribution in [3.8, 4) is 11.4 Å². The number of hydrogen-bond donors (Lipinski definition) is 1. The number of alkyl halides is 2. The zero-order valence-electron chi connectivity index (χ0n) is 17.1. The van der Waals surface area contributed by atoms with Gasteiger partial charge in [-0.15, -0.1) is 0 Å². The predicted octanol–water partition coefficient (Wildman–Crippen LogP) is 2.51. The average Bonchev–Trinajstić information content (AvgIpc) is 2.74. The molecule has 0 radical (unpaired) electrons. The topological polar surface area (TPSA) is 89.6 Å². The van der Waals surface area contributed by atoms with Crippen LogP contribution in [0.4, 0.5) is 26.2 Å². The van der Waals surface area contributed by atoms with E-state index in [1.54, 1.807) is 0 Å². The van der Waals surface area contributed by atoms with Crippen molar-refractivity contribution in [3.63, 3.8) is 0 Å². The van der Waals surface area contributed by atoms with Crippen LogP contribution in [-0.4, -0.2) is 66.6 Å². The number of anilines is 3. The molecule has 30 heavy (non-hydrogen) atoms. The number of nitrogens with two attached hydrogens (primary N) is 1. The molecule has 0 spiro atoms. The van der Waals surface area contributed by atoms with Gasteiger partial charge < -0.3 is 25.0 Å². The van der Waals surface area contributed by atoms with Crippen LogP contribution in [0.3, 0.4) is 0 Å². The second kappa shape index (κ2) is 8.65. The van der Waals surface area contributed by atoms with E-state index in [1.807, 2.05) is 19.9 Å². The summed E-state index contributed by atoms with van der Waals surface area (Å²) in [5, 5.41) is 0. The fraction of sp³-hybridized carbons (Fsp3) is 0.550. The summed E-state index contributed by atoms with van der Waals surface area (Å²) < 4.78 is 38.6. The molecule has 0 aliphatic carbocycles. The van der Waals surface area contributed by atoms with Crippen LogP contribution < -0.4 is 15.5 Å². The van der Waals surface area contributed by atoms with E-state index in [-0.39, 0.29) is 34.9 Å². The fourth-order valence-electron chi connectivity index (χ4n) is 3.83. The molecule has 2 aliphatic rings. The maximum absolute atomic E-state index is 13.7. The lowest BCUT2D eigenvalue weighted by Crippen LogP contribution is -2.45. The third-order valence-electron chi connectivity index (χ3n) is 5.46. The molecule has 0 bridgehead atoms. The highest BCUT2D eigenvalue weighted by molar-refractivity contribution is 5.66. The lowest BCUT2D eigenvalue weighted by atomic mass is 10.1. The SMILES string of the molecule is C[C@H]1COCCN1c1cc(N2CCOC[C@@H]2C)nc(-c2cnc(N)cc2C(F)F)n1. The minimum atomic E-state index is -2.72. The lowest BCUT2D eigenvalue weighted by Gasteiger charge is -2.37. The monoisotopic (exact) mass is 420 g/mol. The maximum atomic E-state index is 13.7. The van der Waals surface area contributed by atoms with Crippen LogP contribution in [0.15, 0.2) is 18.3 Å². The maximum Gasteiger partial charge on any atom is 0.264 e. The fourth-order valence-corrected chi connectivity index (χ4v) is 3.83. The van der Waals surface area contributed by atoms with E-state index in [0.717, 1.165) is 0 Å². The first-order valence-electron chi connectivity index (χ1n) is 10.1. The smallest absolute Gasteiger partial charge is 0.264 e. The largest absolute Gasteiger partial charge is 0.384 e. The Morgan fingerprint density at radius 2 is 1.57 bits per heavy atom. The van der Waals surface area contributed by atoms with Crippen molar-refractivity contribution in [1.29, 1.82) is 0 Å². The first-order valence-corrected chi connectivity index (χ1v) is 10.1. The molecule has 162 valence electrons. The molecule has 2 aliphatic heterocycles. The van der Waals surface area contributed by atoms with Crippen LogP contribution in [0.1, 0.15) is 25.8 Å². The number of nitrogens with zero attached hydrogens (tertiary/aromatic N) is 5. The van der Waals surface area contributed by atoms with Gasteiger partial charge in [-0.1, -0.05) is 0 Å². The summed E-state index contributed by atoms with van der Waals surface area (Å²) in [4.78, 5) is 17.6. The summed E-state index contributed by atoms with van der Waals surface area (Å²) in [7, 11) is 0. The van der Waals surface area contributed by atoms with Crippen LogP contribution in [0.25, 0.3) is 11.4 Å². The first kappa shape index (κ1) is 20.7. The van der Waals surface area contributed by atoms with Crippen molar-refractivity contribution in [2.45, 2.75) is 32.4 Å². The minimum Gasteiger partial charge on any atom is -0.384 e. The van der Waals surface area contributed by atoms with Crippen LogP contribution in [0.2, 0.25) is 0 Å². The molecule has 2 aromatic heterocycles. The molecule has 2 aromatic rings. The molecule has 4 heterocycles. The van der Waals surface area contributed by atoms with Gasteiger partial charge in [-0.25, -0.2) is 23.7 Å². The molecule has 0 amide bonds. The van der Waals surface area contributed by atoms with Crippen LogP contribution >= 0.6 is 0 Å². The molecule has 0 unspecified atom stereocenters. The Kier molecular flexibility index (Phi) is 5.96. The molecule has 2 fully saturated rings. The van der Waals surface area contributed by atoms with Gasteiger partial charge in [0.15, 0.2) is 5.82 Å². The predicted molar refractivity (Wildman–Crippen MR) is 110 cm³/mol. The lowest BCUT2D eigenvalue weighted by molar-refractivity contribution is 0.0978. The van der Waals surface area contributed by atoms with Crippen molar-refractivity contribution in [2.75, 3.05) is 55.1 Å². The molecule has 0 saturated carbocycles. The minimum absolute atomic E-state index is 0.0361. The Labute approximate surface area is 174 Å². The van der Waals surface area contributed by atoms with E-state index in [0.29, 0.717) is 51.2 Å². The molecule has 10 heteroatoms. The summed E-state index contributed by atoms with van der Waals surface area (Å²) in [5.74, 6) is 1.61. The number of morpholine rings is 2. The van der Waals surface area contributed by atoms with Gasteiger partial charge >= 0.3 is 0 Å². The van der Waals surface area contributed by atoms with E-state index in [2.05, 4.69) is 24.8 Å². The van der Waals surface area contributed by atoms with Gasteiger partial charge in [0, 0.05) is 36.5 Å². The second-order valence-electron chi connectivity index (χ2n) is 7.64. The Balaban J connectivity index is 1.84. The number of pyridine rings is 1. The van der Waals surface area contributed by atoms with Gasteiger partial charge in [0.25, 0.3) is 6.43 Å². The molecule has 2 saturated heterocycles. The van der Waals surface area contributed by atoms with Crippen molar-refractivity contribution in [1.82, 2.24) is 15.0 Å². The number of rotatable bonds is 4. The highest BCUT2D eigenvalue weighted by Gasteiger charge is 2.27. The zero-order valence-corrected chi connectivity index (χ0v) is 17.1. The van der Waals surface area contributed by atoms with Gasteiger partial charge in [-0.05, 0) is 19.9 Å². The first-order chi connectivity index (χ1) is 14.4. The molecule has 8 nitrogen and oxygen atoms in total. The normalized spacial score (nSPS) is 22.6. The number of nitrogen functional groups attached to an aromatic ring is 1. The average molecular weight is 420 g/mol. The van der Waals surface area contributed by atoms with E-state index >= 15 is 0 Å². The van der Waals surface area contributed by atoms with Gasteiger partial charge in [0.2, 0.25) is 0 Å².